The number of carbonyl (C=O) groups is 2. The highest BCUT2D eigenvalue weighted by molar-refractivity contribution is 6.21. The van der Waals surface area contributed by atoms with Crippen molar-refractivity contribution in [2.75, 3.05) is 31.1 Å². The van der Waals surface area contributed by atoms with Crippen LogP contribution >= 0.6 is 0 Å². The number of amides is 3. The Morgan fingerprint density at radius 2 is 1.71 bits per heavy atom. The molecule has 34 heavy (non-hydrogen) atoms. The highest BCUT2D eigenvalue weighted by Gasteiger charge is 2.43. The molecule has 0 bridgehead atoms. The van der Waals surface area contributed by atoms with Crippen LogP contribution in [-0.2, 0) is 11.2 Å². The average molecular weight is 460 g/mol. The van der Waals surface area contributed by atoms with E-state index in [-0.39, 0.29) is 17.5 Å². The molecule has 1 unspecified atom stereocenters. The summed E-state index contributed by atoms with van der Waals surface area (Å²) in [6.45, 7) is 5.27. The van der Waals surface area contributed by atoms with Crippen LogP contribution in [0, 0.1) is 0 Å². The molecule has 5 rings (SSSR count). The Morgan fingerprint density at radius 3 is 2.50 bits per heavy atom. The number of hydrogen-bond donors (Lipinski definition) is 1. The van der Waals surface area contributed by atoms with Crippen LogP contribution in [0.15, 0.2) is 53.3 Å². The maximum atomic E-state index is 13.2. The average Bonchev–Trinajstić information content (AvgIpc) is 3.08. The predicted molar refractivity (Wildman–Crippen MR) is 131 cm³/mol. The minimum Gasteiger partial charge on any atom is -0.311 e. The van der Waals surface area contributed by atoms with Crippen LogP contribution in [0.5, 0.6) is 0 Å². The Labute approximate surface area is 198 Å². The van der Waals surface area contributed by atoms with Crippen molar-refractivity contribution in [2.45, 2.75) is 38.6 Å². The van der Waals surface area contributed by atoms with E-state index in [4.69, 9.17) is 0 Å². The Bertz CT molecular complexity index is 1280. The van der Waals surface area contributed by atoms with E-state index < -0.39 is 6.04 Å². The number of nitrogens with zero attached hydrogens (tertiary/aromatic N) is 4. The quantitative estimate of drug-likeness (QED) is 0.572. The molecule has 1 aromatic heterocycles. The van der Waals surface area contributed by atoms with Gasteiger partial charge in [-0.05, 0) is 56.6 Å². The second-order valence-electron chi connectivity index (χ2n) is 9.12. The molecule has 1 N–H and O–H groups in total. The maximum absolute atomic E-state index is 13.2. The van der Waals surface area contributed by atoms with Crippen molar-refractivity contribution in [3.63, 3.8) is 0 Å². The van der Waals surface area contributed by atoms with Crippen molar-refractivity contribution >= 4 is 28.4 Å². The van der Waals surface area contributed by atoms with Crippen LogP contribution in [0.25, 0.3) is 10.8 Å². The molecule has 0 aliphatic carbocycles. The number of likely N-dealkylation sites (tertiary alicyclic amines) is 1. The SMILES string of the molecule is CC1C(=O)N(c2cccc(Cc3n[nH]c(=O)c4ccccc34)c2)C(=O)N1CCN1CCCCC1. The second-order valence-corrected chi connectivity index (χ2v) is 9.12. The lowest BCUT2D eigenvalue weighted by atomic mass is 10.0. The van der Waals surface area contributed by atoms with Crippen LogP contribution in [0.2, 0.25) is 0 Å². The number of urea groups is 1. The van der Waals surface area contributed by atoms with Gasteiger partial charge in [0.15, 0.2) is 0 Å². The zero-order chi connectivity index (χ0) is 23.7. The van der Waals surface area contributed by atoms with Gasteiger partial charge < -0.3 is 9.80 Å². The number of imide groups is 1. The largest absolute Gasteiger partial charge is 0.332 e. The molecular weight excluding hydrogens is 430 g/mol. The lowest BCUT2D eigenvalue weighted by Crippen LogP contribution is -2.41. The molecule has 1 atom stereocenters. The van der Waals surface area contributed by atoms with Gasteiger partial charge in [-0.15, -0.1) is 0 Å². The van der Waals surface area contributed by atoms with E-state index >= 15 is 0 Å². The summed E-state index contributed by atoms with van der Waals surface area (Å²) >= 11 is 0. The van der Waals surface area contributed by atoms with Crippen molar-refractivity contribution in [3.8, 4) is 0 Å². The Morgan fingerprint density at radius 1 is 0.941 bits per heavy atom. The molecular formula is C26H29N5O3. The minimum atomic E-state index is -0.481. The monoisotopic (exact) mass is 459 g/mol. The second kappa shape index (κ2) is 9.38. The lowest BCUT2D eigenvalue weighted by molar-refractivity contribution is -0.119. The summed E-state index contributed by atoms with van der Waals surface area (Å²) in [7, 11) is 0. The first kappa shape index (κ1) is 22.3. The topological polar surface area (TPSA) is 89.6 Å². The van der Waals surface area contributed by atoms with Crippen molar-refractivity contribution in [1.29, 1.82) is 0 Å². The van der Waals surface area contributed by atoms with Gasteiger partial charge in [-0.2, -0.15) is 5.10 Å². The molecule has 2 saturated heterocycles. The fraction of sp³-hybridized carbons (Fsp3) is 0.385. The molecule has 3 aromatic rings. The number of nitrogens with one attached hydrogen (secondary N) is 1. The Hall–Kier alpha value is -3.52. The van der Waals surface area contributed by atoms with Gasteiger partial charge in [0.1, 0.15) is 6.04 Å². The number of anilines is 1. The van der Waals surface area contributed by atoms with E-state index in [0.29, 0.717) is 24.0 Å². The van der Waals surface area contributed by atoms with Crippen LogP contribution in [0.3, 0.4) is 0 Å². The number of rotatable bonds is 6. The Kier molecular flexibility index (Phi) is 6.15. The van der Waals surface area contributed by atoms with Gasteiger partial charge in [-0.3, -0.25) is 9.59 Å². The molecule has 2 aromatic carbocycles. The van der Waals surface area contributed by atoms with Crippen molar-refractivity contribution < 1.29 is 9.59 Å². The summed E-state index contributed by atoms with van der Waals surface area (Å²) in [4.78, 5) is 43.7. The van der Waals surface area contributed by atoms with Gasteiger partial charge in [-0.25, -0.2) is 14.8 Å². The van der Waals surface area contributed by atoms with E-state index in [1.807, 2.05) is 36.4 Å². The molecule has 8 nitrogen and oxygen atoms in total. The first-order valence-electron chi connectivity index (χ1n) is 11.9. The van der Waals surface area contributed by atoms with E-state index in [2.05, 4.69) is 15.1 Å². The first-order valence-corrected chi connectivity index (χ1v) is 11.9. The maximum Gasteiger partial charge on any atom is 0.332 e. The highest BCUT2D eigenvalue weighted by Crippen LogP contribution is 2.27. The zero-order valence-electron chi connectivity index (χ0n) is 19.4. The van der Waals surface area contributed by atoms with Crippen LogP contribution in [0.4, 0.5) is 10.5 Å². The summed E-state index contributed by atoms with van der Waals surface area (Å²) in [6, 6.07) is 14.0. The van der Waals surface area contributed by atoms with E-state index in [1.54, 1.807) is 24.0 Å². The van der Waals surface area contributed by atoms with E-state index in [0.717, 1.165) is 36.3 Å². The van der Waals surface area contributed by atoms with Crippen molar-refractivity contribution in [3.05, 3.63) is 70.1 Å². The summed E-state index contributed by atoms with van der Waals surface area (Å²) < 4.78 is 0. The number of fused-ring (bicyclic) bond motifs is 1. The summed E-state index contributed by atoms with van der Waals surface area (Å²) in [5.41, 5.74) is 1.98. The molecule has 0 spiro atoms. The smallest absolute Gasteiger partial charge is 0.311 e. The number of piperidine rings is 1. The normalized spacial score (nSPS) is 19.4. The fourth-order valence-electron chi connectivity index (χ4n) is 4.97. The number of aromatic nitrogens is 2. The van der Waals surface area contributed by atoms with E-state index in [1.165, 1.54) is 24.2 Å². The molecule has 0 radical (unpaired) electrons. The molecule has 8 heteroatoms. The van der Waals surface area contributed by atoms with Gasteiger partial charge in [0.25, 0.3) is 11.5 Å². The van der Waals surface area contributed by atoms with Gasteiger partial charge in [0.05, 0.1) is 16.8 Å². The third-order valence-electron chi connectivity index (χ3n) is 6.90. The van der Waals surface area contributed by atoms with Crippen molar-refractivity contribution in [2.24, 2.45) is 0 Å². The fourth-order valence-corrected chi connectivity index (χ4v) is 4.97. The molecule has 0 saturated carbocycles. The first-order chi connectivity index (χ1) is 16.5. The predicted octanol–water partition coefficient (Wildman–Crippen LogP) is 3.16. The summed E-state index contributed by atoms with van der Waals surface area (Å²) in [5.74, 6) is -0.201. The molecule has 2 aliphatic rings. The number of hydrogen-bond acceptors (Lipinski definition) is 5. The van der Waals surface area contributed by atoms with Crippen LogP contribution < -0.4 is 10.5 Å². The number of benzene rings is 2. The highest BCUT2D eigenvalue weighted by atomic mass is 16.2. The number of aromatic amines is 1. The van der Waals surface area contributed by atoms with Gasteiger partial charge in [-0.1, -0.05) is 36.8 Å². The zero-order valence-corrected chi connectivity index (χ0v) is 19.4. The van der Waals surface area contributed by atoms with Crippen LogP contribution in [-0.4, -0.2) is 64.2 Å². The number of H-pyrrole nitrogens is 1. The van der Waals surface area contributed by atoms with Gasteiger partial charge >= 0.3 is 6.03 Å². The van der Waals surface area contributed by atoms with Gasteiger partial charge in [0, 0.05) is 24.9 Å². The minimum absolute atomic E-state index is 0.201. The lowest BCUT2D eigenvalue weighted by Gasteiger charge is -2.29. The molecule has 3 amide bonds. The molecule has 3 heterocycles. The van der Waals surface area contributed by atoms with Crippen molar-refractivity contribution in [1.82, 2.24) is 20.0 Å². The van der Waals surface area contributed by atoms with E-state index in [9.17, 15) is 14.4 Å². The molecule has 2 fully saturated rings. The third-order valence-corrected chi connectivity index (χ3v) is 6.90. The Balaban J connectivity index is 1.35. The third kappa shape index (κ3) is 4.21. The van der Waals surface area contributed by atoms with Crippen LogP contribution in [0.1, 0.15) is 37.4 Å². The summed E-state index contributed by atoms with van der Waals surface area (Å²) in [6.07, 6.45) is 4.12. The standard InChI is InChI=1S/C26H29N5O3/c1-18-25(33)31(26(34)30(18)15-14-29-12-5-2-6-13-29)20-9-7-8-19(16-20)17-23-21-10-3-4-11-22(21)24(32)28-27-23/h3-4,7-11,16,18H,2,5-6,12-15,17H2,1H3,(H,28,32). The number of carbonyl (C=O) groups excluding carboxylic acids is 2. The summed E-state index contributed by atoms with van der Waals surface area (Å²) in [5, 5.41) is 8.20. The molecule has 2 aliphatic heterocycles. The molecule has 176 valence electrons. The van der Waals surface area contributed by atoms with Gasteiger partial charge in [0.2, 0.25) is 0 Å².